The molecule has 2 aromatic rings. The summed E-state index contributed by atoms with van der Waals surface area (Å²) < 4.78 is 19.4. The van der Waals surface area contributed by atoms with Crippen molar-refractivity contribution in [2.24, 2.45) is 0 Å². The van der Waals surface area contributed by atoms with Crippen molar-refractivity contribution in [2.45, 2.75) is 25.1 Å². The lowest BCUT2D eigenvalue weighted by atomic mass is 10.2. The van der Waals surface area contributed by atoms with Crippen LogP contribution in [0, 0.1) is 5.82 Å². The van der Waals surface area contributed by atoms with Crippen LogP contribution in [0.4, 0.5) is 4.39 Å². The Bertz CT molecular complexity index is 658. The predicted octanol–water partition coefficient (Wildman–Crippen LogP) is 2.03. The third kappa shape index (κ3) is 3.23. The molecule has 0 saturated carbocycles. The van der Waals surface area contributed by atoms with Crippen molar-refractivity contribution < 1.29 is 13.9 Å². The molecule has 21 heavy (non-hydrogen) atoms. The van der Waals surface area contributed by atoms with Crippen molar-refractivity contribution in [3.05, 3.63) is 35.0 Å². The van der Waals surface area contributed by atoms with E-state index < -0.39 is 0 Å². The Kier molecular flexibility index (Phi) is 4.19. The quantitative estimate of drug-likeness (QED) is 0.909. The van der Waals surface area contributed by atoms with Crippen LogP contribution in [0.2, 0.25) is 0 Å². The van der Waals surface area contributed by atoms with Gasteiger partial charge in [-0.1, -0.05) is 0 Å². The lowest BCUT2D eigenvalue weighted by molar-refractivity contribution is -0.123. The first kappa shape index (κ1) is 14.4. The van der Waals surface area contributed by atoms with Crippen molar-refractivity contribution in [2.75, 3.05) is 13.7 Å². The highest BCUT2D eigenvalue weighted by atomic mass is 32.1. The van der Waals surface area contributed by atoms with Gasteiger partial charge >= 0.3 is 0 Å². The zero-order chi connectivity index (χ0) is 14.8. The number of carbonyl (C=O) groups is 1. The summed E-state index contributed by atoms with van der Waals surface area (Å²) >= 11 is 1.57. The average molecular weight is 308 g/mol. The van der Waals surface area contributed by atoms with Crippen LogP contribution >= 0.6 is 11.3 Å². The molecular formula is C15H17FN2O2S. The number of ether oxygens (including phenoxy) is 1. The second kappa shape index (κ2) is 6.09. The van der Waals surface area contributed by atoms with Gasteiger partial charge in [0, 0.05) is 23.2 Å². The number of hydrogen-bond acceptors (Lipinski definition) is 4. The number of methoxy groups -OCH3 is 1. The molecule has 1 saturated heterocycles. The summed E-state index contributed by atoms with van der Waals surface area (Å²) in [6.45, 7) is 1.17. The Morgan fingerprint density at radius 1 is 1.52 bits per heavy atom. The normalized spacial score (nSPS) is 21.8. The van der Waals surface area contributed by atoms with Gasteiger partial charge in [0.1, 0.15) is 5.82 Å². The summed E-state index contributed by atoms with van der Waals surface area (Å²) in [5.41, 5.74) is 0. The first-order valence-corrected chi connectivity index (χ1v) is 7.69. The topological polar surface area (TPSA) is 50.4 Å². The van der Waals surface area contributed by atoms with Crippen molar-refractivity contribution in [1.82, 2.24) is 10.6 Å². The third-order valence-electron chi connectivity index (χ3n) is 3.71. The maximum absolute atomic E-state index is 13.1. The fraction of sp³-hybridized carbons (Fsp3) is 0.400. The van der Waals surface area contributed by atoms with Gasteiger partial charge < -0.3 is 15.4 Å². The highest BCUT2D eigenvalue weighted by molar-refractivity contribution is 7.19. The number of amides is 1. The minimum Gasteiger partial charge on any atom is -0.380 e. The van der Waals surface area contributed by atoms with Crippen molar-refractivity contribution in [1.29, 1.82) is 0 Å². The molecule has 0 spiro atoms. The summed E-state index contributed by atoms with van der Waals surface area (Å²) in [6.07, 6.45) is 0.799. The van der Waals surface area contributed by atoms with Crippen LogP contribution < -0.4 is 10.6 Å². The van der Waals surface area contributed by atoms with Crippen LogP contribution in [0.3, 0.4) is 0 Å². The van der Waals surface area contributed by atoms with E-state index in [1.165, 1.54) is 12.1 Å². The van der Waals surface area contributed by atoms with E-state index in [0.717, 1.165) is 15.0 Å². The lowest BCUT2D eigenvalue weighted by Crippen LogP contribution is -2.39. The molecule has 0 aliphatic carbocycles. The Hall–Kier alpha value is -1.50. The van der Waals surface area contributed by atoms with Gasteiger partial charge in [-0.25, -0.2) is 4.39 Å². The van der Waals surface area contributed by atoms with Crippen LogP contribution in [0.1, 0.15) is 11.3 Å². The van der Waals surface area contributed by atoms with E-state index >= 15 is 0 Å². The van der Waals surface area contributed by atoms with Crippen LogP contribution in [-0.2, 0) is 16.1 Å². The van der Waals surface area contributed by atoms with Crippen LogP contribution in [0.5, 0.6) is 0 Å². The second-order valence-corrected chi connectivity index (χ2v) is 6.34. The minimum atomic E-state index is -0.239. The van der Waals surface area contributed by atoms with Gasteiger partial charge in [-0.05, 0) is 36.1 Å². The van der Waals surface area contributed by atoms with Crippen molar-refractivity contribution in [3.63, 3.8) is 0 Å². The zero-order valence-corrected chi connectivity index (χ0v) is 12.5. The van der Waals surface area contributed by atoms with E-state index in [0.29, 0.717) is 19.5 Å². The fourth-order valence-electron chi connectivity index (χ4n) is 2.54. The number of thiophene rings is 1. The SMILES string of the molecule is CO[C@@H]1CN[C@@H](C(=O)NCc2cc3cc(F)ccc3s2)C1. The van der Waals surface area contributed by atoms with Gasteiger partial charge in [-0.2, -0.15) is 0 Å². The minimum absolute atomic E-state index is 0.0156. The summed E-state index contributed by atoms with van der Waals surface area (Å²) in [6, 6.07) is 6.46. The Labute approximate surface area is 126 Å². The molecule has 1 aliphatic heterocycles. The monoisotopic (exact) mass is 308 g/mol. The van der Waals surface area contributed by atoms with Gasteiger partial charge in [-0.15, -0.1) is 11.3 Å². The average Bonchev–Trinajstić information content (AvgIpc) is 3.10. The zero-order valence-electron chi connectivity index (χ0n) is 11.7. The summed E-state index contributed by atoms with van der Waals surface area (Å²) in [4.78, 5) is 13.1. The van der Waals surface area contributed by atoms with E-state index in [4.69, 9.17) is 4.74 Å². The third-order valence-corrected chi connectivity index (χ3v) is 4.82. The van der Waals surface area contributed by atoms with Gasteiger partial charge in [0.05, 0.1) is 18.7 Å². The molecular weight excluding hydrogens is 291 g/mol. The van der Waals surface area contributed by atoms with Gasteiger partial charge in [0.2, 0.25) is 5.91 Å². The highest BCUT2D eigenvalue weighted by Crippen LogP contribution is 2.26. The molecule has 2 N–H and O–H groups in total. The Morgan fingerprint density at radius 3 is 3.14 bits per heavy atom. The standard InChI is InChI=1S/C15H17FN2O2S/c1-20-11-6-13(17-7-11)15(19)18-8-12-5-9-4-10(16)2-3-14(9)21-12/h2-5,11,13,17H,6-8H2,1H3,(H,18,19)/t11-,13+/m0/s1. The van der Waals surface area contributed by atoms with Crippen LogP contribution in [0.25, 0.3) is 10.1 Å². The second-order valence-electron chi connectivity index (χ2n) is 5.17. The number of nitrogens with one attached hydrogen (secondary N) is 2. The number of carbonyl (C=O) groups excluding carboxylic acids is 1. The van der Waals surface area contributed by atoms with Crippen LogP contribution in [0.15, 0.2) is 24.3 Å². The first-order valence-electron chi connectivity index (χ1n) is 6.87. The predicted molar refractivity (Wildman–Crippen MR) is 80.8 cm³/mol. The number of hydrogen-bond donors (Lipinski definition) is 2. The van der Waals surface area contributed by atoms with E-state index in [9.17, 15) is 9.18 Å². The molecule has 1 amide bonds. The van der Waals surface area contributed by atoms with E-state index in [1.54, 1.807) is 24.5 Å². The van der Waals surface area contributed by atoms with E-state index in [-0.39, 0.29) is 23.9 Å². The smallest absolute Gasteiger partial charge is 0.237 e. The van der Waals surface area contributed by atoms with Crippen LogP contribution in [-0.4, -0.2) is 31.7 Å². The molecule has 0 unspecified atom stereocenters. The van der Waals surface area contributed by atoms with E-state index in [1.807, 2.05) is 6.07 Å². The molecule has 112 valence electrons. The Morgan fingerprint density at radius 2 is 2.38 bits per heavy atom. The molecule has 1 fully saturated rings. The number of halogens is 1. The Balaban J connectivity index is 1.60. The molecule has 1 aromatic carbocycles. The molecule has 0 radical (unpaired) electrons. The molecule has 2 atom stereocenters. The molecule has 6 heteroatoms. The molecule has 1 aromatic heterocycles. The molecule has 2 heterocycles. The van der Waals surface area contributed by atoms with Gasteiger partial charge in [-0.3, -0.25) is 4.79 Å². The fourth-order valence-corrected chi connectivity index (χ4v) is 3.52. The summed E-state index contributed by atoms with van der Waals surface area (Å²) in [5.74, 6) is -0.255. The molecule has 4 nitrogen and oxygen atoms in total. The largest absolute Gasteiger partial charge is 0.380 e. The maximum Gasteiger partial charge on any atom is 0.237 e. The van der Waals surface area contributed by atoms with Crippen molar-refractivity contribution in [3.8, 4) is 0 Å². The number of rotatable bonds is 4. The molecule has 3 rings (SSSR count). The first-order chi connectivity index (χ1) is 10.2. The summed E-state index contributed by atoms with van der Waals surface area (Å²) in [5, 5.41) is 6.94. The molecule has 1 aliphatic rings. The lowest BCUT2D eigenvalue weighted by Gasteiger charge is -2.10. The van der Waals surface area contributed by atoms with Gasteiger partial charge in [0.25, 0.3) is 0 Å². The summed E-state index contributed by atoms with van der Waals surface area (Å²) in [7, 11) is 1.66. The highest BCUT2D eigenvalue weighted by Gasteiger charge is 2.29. The molecule has 0 bridgehead atoms. The van der Waals surface area contributed by atoms with Gasteiger partial charge in [0.15, 0.2) is 0 Å². The maximum atomic E-state index is 13.1. The number of fused-ring (bicyclic) bond motifs is 1. The van der Waals surface area contributed by atoms with E-state index in [2.05, 4.69) is 10.6 Å². The number of benzene rings is 1. The van der Waals surface area contributed by atoms with Crippen molar-refractivity contribution >= 4 is 27.3 Å².